The number of nitrogen functional groups attached to an aromatic ring is 1. The van der Waals surface area contributed by atoms with Crippen molar-refractivity contribution in [2.45, 2.75) is 17.4 Å². The van der Waals surface area contributed by atoms with E-state index in [4.69, 9.17) is 10.5 Å². The van der Waals surface area contributed by atoms with Crippen LogP contribution in [0, 0.1) is 0 Å². The van der Waals surface area contributed by atoms with E-state index in [1.807, 2.05) is 6.26 Å². The Morgan fingerprint density at radius 3 is 2.65 bits per heavy atom. The van der Waals surface area contributed by atoms with Crippen molar-refractivity contribution >= 4 is 27.5 Å². The van der Waals surface area contributed by atoms with Gasteiger partial charge in [-0.2, -0.15) is 11.8 Å². The average molecular weight is 320 g/mol. The fourth-order valence-corrected chi connectivity index (χ4v) is 3.59. The summed E-state index contributed by atoms with van der Waals surface area (Å²) >= 11 is 1.44. The summed E-state index contributed by atoms with van der Waals surface area (Å²) in [5.74, 6) is 0.906. The number of rotatable bonds is 7. The lowest BCUT2D eigenvalue weighted by Crippen LogP contribution is -2.42. The van der Waals surface area contributed by atoms with E-state index in [1.165, 1.54) is 37.1 Å². The number of aliphatic hydroxyl groups is 1. The first-order valence-corrected chi connectivity index (χ1v) is 8.74. The zero-order valence-electron chi connectivity index (χ0n) is 11.7. The van der Waals surface area contributed by atoms with Gasteiger partial charge in [-0.15, -0.1) is 0 Å². The molecule has 0 heterocycles. The summed E-state index contributed by atoms with van der Waals surface area (Å²) in [5, 5.41) is 9.98. The summed E-state index contributed by atoms with van der Waals surface area (Å²) in [4.78, 5) is -0.0294. The van der Waals surface area contributed by atoms with E-state index in [-0.39, 0.29) is 17.1 Å². The van der Waals surface area contributed by atoms with Gasteiger partial charge in [-0.25, -0.2) is 13.1 Å². The summed E-state index contributed by atoms with van der Waals surface area (Å²) < 4.78 is 31.6. The molecule has 0 aliphatic heterocycles. The Bertz CT molecular complexity index is 559. The van der Waals surface area contributed by atoms with E-state index in [0.29, 0.717) is 11.5 Å². The molecule has 0 aliphatic carbocycles. The van der Waals surface area contributed by atoms with Crippen molar-refractivity contribution in [2.75, 3.05) is 31.4 Å². The van der Waals surface area contributed by atoms with Gasteiger partial charge < -0.3 is 15.6 Å². The Labute approximate surface area is 123 Å². The van der Waals surface area contributed by atoms with Gasteiger partial charge in [-0.3, -0.25) is 0 Å². The topological polar surface area (TPSA) is 102 Å². The fourth-order valence-electron chi connectivity index (χ4n) is 1.59. The molecule has 0 amide bonds. The Kier molecular flexibility index (Phi) is 5.69. The van der Waals surface area contributed by atoms with Crippen LogP contribution < -0.4 is 15.2 Å². The zero-order chi connectivity index (χ0) is 15.4. The minimum atomic E-state index is -3.77. The van der Waals surface area contributed by atoms with Gasteiger partial charge in [0.15, 0.2) is 0 Å². The van der Waals surface area contributed by atoms with Gasteiger partial charge in [-0.1, -0.05) is 0 Å². The zero-order valence-corrected chi connectivity index (χ0v) is 13.3. The van der Waals surface area contributed by atoms with Crippen LogP contribution in [0.1, 0.15) is 6.92 Å². The molecule has 6 nitrogen and oxygen atoms in total. The first-order valence-electron chi connectivity index (χ1n) is 5.86. The number of ether oxygens (including phenoxy) is 1. The first-order chi connectivity index (χ1) is 9.22. The number of nitrogens with one attached hydrogen (secondary N) is 1. The number of hydrogen-bond donors (Lipinski definition) is 3. The van der Waals surface area contributed by atoms with Gasteiger partial charge >= 0.3 is 0 Å². The molecule has 0 fully saturated rings. The molecule has 0 aromatic heterocycles. The number of methoxy groups -OCH3 is 1. The molecule has 0 aliphatic rings. The maximum absolute atomic E-state index is 12.2. The quantitative estimate of drug-likeness (QED) is 0.638. The highest BCUT2D eigenvalue weighted by Gasteiger charge is 2.25. The van der Waals surface area contributed by atoms with E-state index < -0.39 is 15.6 Å². The summed E-state index contributed by atoms with van der Waals surface area (Å²) in [5.41, 5.74) is 4.70. The van der Waals surface area contributed by atoms with Gasteiger partial charge in [0.2, 0.25) is 10.0 Å². The molecule has 0 radical (unpaired) electrons. The summed E-state index contributed by atoms with van der Waals surface area (Å²) in [6.45, 7) is 1.49. The second-order valence-electron chi connectivity index (χ2n) is 4.66. The lowest BCUT2D eigenvalue weighted by Gasteiger charge is -2.22. The van der Waals surface area contributed by atoms with Crippen LogP contribution in [0.3, 0.4) is 0 Å². The molecule has 1 aromatic carbocycles. The number of benzene rings is 1. The second-order valence-corrected chi connectivity index (χ2v) is 7.26. The maximum atomic E-state index is 12.2. The van der Waals surface area contributed by atoms with Crippen molar-refractivity contribution in [3.05, 3.63) is 18.2 Å². The van der Waals surface area contributed by atoms with Gasteiger partial charge in [0.1, 0.15) is 10.6 Å². The van der Waals surface area contributed by atoms with E-state index in [0.717, 1.165) is 0 Å². The summed E-state index contributed by atoms with van der Waals surface area (Å²) in [6, 6.07) is 4.33. The maximum Gasteiger partial charge on any atom is 0.242 e. The standard InChI is InChI=1S/C12H20N2O4S2/c1-12(15,8-19-3)7-14-20(16,17)11-5-4-9(18-2)6-10(11)13/h4-6,14-15H,7-8,13H2,1-3H3. The monoisotopic (exact) mass is 320 g/mol. The van der Waals surface area contributed by atoms with Crippen molar-refractivity contribution in [1.82, 2.24) is 4.72 Å². The van der Waals surface area contributed by atoms with Gasteiger partial charge in [0, 0.05) is 18.4 Å². The lowest BCUT2D eigenvalue weighted by molar-refractivity contribution is 0.0908. The summed E-state index contributed by atoms with van der Waals surface area (Å²) in [6.07, 6.45) is 1.84. The average Bonchev–Trinajstić information content (AvgIpc) is 2.36. The molecule has 0 saturated heterocycles. The predicted octanol–water partition coefficient (Wildman–Crippen LogP) is 0.670. The normalized spacial score (nSPS) is 14.8. The Morgan fingerprint density at radius 1 is 1.50 bits per heavy atom. The number of anilines is 1. The SMILES string of the molecule is COc1ccc(S(=O)(=O)NCC(C)(O)CSC)c(N)c1. The molecule has 0 spiro atoms. The minimum absolute atomic E-state index is 0.0294. The molecule has 1 rings (SSSR count). The van der Waals surface area contributed by atoms with E-state index in [1.54, 1.807) is 6.92 Å². The Morgan fingerprint density at radius 2 is 2.15 bits per heavy atom. The van der Waals surface area contributed by atoms with E-state index in [2.05, 4.69) is 4.72 Å². The molecule has 8 heteroatoms. The number of sulfonamides is 1. The third kappa shape index (κ3) is 4.55. The lowest BCUT2D eigenvalue weighted by atomic mass is 10.1. The molecular weight excluding hydrogens is 300 g/mol. The predicted molar refractivity (Wildman–Crippen MR) is 81.6 cm³/mol. The molecular formula is C12H20N2O4S2. The largest absolute Gasteiger partial charge is 0.497 e. The molecule has 1 atom stereocenters. The van der Waals surface area contributed by atoms with Crippen molar-refractivity contribution < 1.29 is 18.3 Å². The Hall–Kier alpha value is -0.960. The highest BCUT2D eigenvalue weighted by atomic mass is 32.2. The van der Waals surface area contributed by atoms with E-state index in [9.17, 15) is 13.5 Å². The van der Waals surface area contributed by atoms with Crippen molar-refractivity contribution in [3.63, 3.8) is 0 Å². The van der Waals surface area contributed by atoms with Crippen LogP contribution in [-0.4, -0.2) is 44.8 Å². The van der Waals surface area contributed by atoms with Crippen molar-refractivity contribution in [3.8, 4) is 5.75 Å². The highest BCUT2D eigenvalue weighted by molar-refractivity contribution is 7.98. The van der Waals surface area contributed by atoms with Crippen LogP contribution in [0.5, 0.6) is 5.75 Å². The van der Waals surface area contributed by atoms with Crippen LogP contribution in [0.15, 0.2) is 23.1 Å². The van der Waals surface area contributed by atoms with E-state index >= 15 is 0 Å². The molecule has 0 bridgehead atoms. The third-order valence-electron chi connectivity index (χ3n) is 2.60. The van der Waals surface area contributed by atoms with Crippen LogP contribution >= 0.6 is 11.8 Å². The molecule has 1 unspecified atom stereocenters. The summed E-state index contributed by atoms with van der Waals surface area (Å²) in [7, 11) is -2.29. The van der Waals surface area contributed by atoms with Gasteiger partial charge in [0.05, 0.1) is 18.4 Å². The third-order valence-corrected chi connectivity index (χ3v) is 4.99. The minimum Gasteiger partial charge on any atom is -0.497 e. The number of nitrogens with two attached hydrogens (primary N) is 1. The van der Waals surface area contributed by atoms with Gasteiger partial charge in [0.25, 0.3) is 0 Å². The second kappa shape index (κ2) is 6.66. The number of hydrogen-bond acceptors (Lipinski definition) is 6. The molecule has 0 saturated carbocycles. The van der Waals surface area contributed by atoms with Crippen LogP contribution in [0.4, 0.5) is 5.69 Å². The van der Waals surface area contributed by atoms with Gasteiger partial charge in [-0.05, 0) is 25.3 Å². The molecule has 4 N–H and O–H groups in total. The first kappa shape index (κ1) is 17.1. The highest BCUT2D eigenvalue weighted by Crippen LogP contribution is 2.23. The fraction of sp³-hybridized carbons (Fsp3) is 0.500. The molecule has 114 valence electrons. The molecule has 20 heavy (non-hydrogen) atoms. The van der Waals surface area contributed by atoms with Crippen molar-refractivity contribution in [1.29, 1.82) is 0 Å². The van der Waals surface area contributed by atoms with Crippen LogP contribution in [-0.2, 0) is 10.0 Å². The number of thioether (sulfide) groups is 1. The van der Waals surface area contributed by atoms with Crippen LogP contribution in [0.2, 0.25) is 0 Å². The smallest absolute Gasteiger partial charge is 0.242 e. The Balaban J connectivity index is 2.89. The van der Waals surface area contributed by atoms with Crippen molar-refractivity contribution in [2.24, 2.45) is 0 Å². The van der Waals surface area contributed by atoms with Crippen LogP contribution in [0.25, 0.3) is 0 Å². The molecule has 1 aromatic rings.